The van der Waals surface area contributed by atoms with Crippen molar-refractivity contribution < 1.29 is 5.21 Å². The Morgan fingerprint density at radius 2 is 2.42 bits per heavy atom. The Hall–Kier alpha value is -0.770. The highest BCUT2D eigenvalue weighted by molar-refractivity contribution is 5.85. The average molecular weight is 171 g/mol. The summed E-state index contributed by atoms with van der Waals surface area (Å²) in [6, 6.07) is 0.161. The van der Waals surface area contributed by atoms with Crippen molar-refractivity contribution in [3.8, 4) is 0 Å². The monoisotopic (exact) mass is 171 g/mol. The van der Waals surface area contributed by atoms with Gasteiger partial charge in [0.05, 0.1) is 6.04 Å². The Morgan fingerprint density at radius 3 is 3.00 bits per heavy atom. The van der Waals surface area contributed by atoms with Crippen molar-refractivity contribution in [2.24, 2.45) is 10.9 Å². The zero-order valence-corrected chi connectivity index (χ0v) is 7.53. The molecule has 0 spiro atoms. The fourth-order valence-electron chi connectivity index (χ4n) is 1.77. The Balaban J connectivity index is 2.58. The van der Waals surface area contributed by atoms with Crippen LogP contribution in [0.4, 0.5) is 0 Å². The minimum Gasteiger partial charge on any atom is -0.409 e. The molecule has 1 heterocycles. The lowest BCUT2D eigenvalue weighted by Gasteiger charge is -2.33. The smallest absolute Gasteiger partial charge is 0.156 e. The van der Waals surface area contributed by atoms with E-state index in [9.17, 15) is 0 Å². The van der Waals surface area contributed by atoms with Gasteiger partial charge < -0.3 is 10.9 Å². The third-order valence-corrected chi connectivity index (χ3v) is 2.48. The van der Waals surface area contributed by atoms with Crippen molar-refractivity contribution in [3.05, 3.63) is 0 Å². The van der Waals surface area contributed by atoms with E-state index in [0.29, 0.717) is 5.84 Å². The standard InChI is InChI=1S/C8H17N3O/c1-2-11-6-4-3-5-7(11)8(9)10-12/h7,12H,2-6H2,1H3,(H2,9,10). The Bertz CT molecular complexity index is 170. The molecule has 1 unspecified atom stereocenters. The third kappa shape index (κ3) is 1.88. The molecular formula is C8H17N3O. The summed E-state index contributed by atoms with van der Waals surface area (Å²) in [4.78, 5) is 2.25. The van der Waals surface area contributed by atoms with Crippen molar-refractivity contribution in [1.82, 2.24) is 4.90 Å². The minimum atomic E-state index is 0.161. The predicted octanol–water partition coefficient (Wildman–Crippen LogP) is 0.607. The highest BCUT2D eigenvalue weighted by atomic mass is 16.4. The number of rotatable bonds is 2. The van der Waals surface area contributed by atoms with Crippen molar-refractivity contribution >= 4 is 5.84 Å². The largest absolute Gasteiger partial charge is 0.409 e. The van der Waals surface area contributed by atoms with E-state index >= 15 is 0 Å². The lowest BCUT2D eigenvalue weighted by molar-refractivity contribution is 0.195. The number of amidine groups is 1. The number of oxime groups is 1. The van der Waals surface area contributed by atoms with Gasteiger partial charge in [-0.15, -0.1) is 0 Å². The number of likely N-dealkylation sites (N-methyl/N-ethyl adjacent to an activating group) is 1. The van der Waals surface area contributed by atoms with Gasteiger partial charge in [0.2, 0.25) is 0 Å². The molecule has 1 atom stereocenters. The van der Waals surface area contributed by atoms with E-state index in [1.165, 1.54) is 12.8 Å². The topological polar surface area (TPSA) is 61.8 Å². The minimum absolute atomic E-state index is 0.161. The molecule has 3 N–H and O–H groups in total. The fourth-order valence-corrected chi connectivity index (χ4v) is 1.77. The zero-order valence-electron chi connectivity index (χ0n) is 7.53. The van der Waals surface area contributed by atoms with Gasteiger partial charge in [0.1, 0.15) is 0 Å². The van der Waals surface area contributed by atoms with E-state index in [1.807, 2.05) is 0 Å². The lowest BCUT2D eigenvalue weighted by atomic mass is 10.0. The van der Waals surface area contributed by atoms with Gasteiger partial charge in [-0.1, -0.05) is 18.5 Å². The van der Waals surface area contributed by atoms with Gasteiger partial charge in [0.15, 0.2) is 5.84 Å². The van der Waals surface area contributed by atoms with Gasteiger partial charge in [-0.2, -0.15) is 0 Å². The molecule has 1 fully saturated rings. The molecule has 12 heavy (non-hydrogen) atoms. The van der Waals surface area contributed by atoms with Crippen LogP contribution in [-0.2, 0) is 0 Å². The molecule has 0 aliphatic carbocycles. The number of likely N-dealkylation sites (tertiary alicyclic amines) is 1. The summed E-state index contributed by atoms with van der Waals surface area (Å²) in [5.74, 6) is 0.358. The van der Waals surface area contributed by atoms with Crippen LogP contribution < -0.4 is 5.73 Å². The molecular weight excluding hydrogens is 154 g/mol. The van der Waals surface area contributed by atoms with Crippen LogP contribution in [0.25, 0.3) is 0 Å². The maximum absolute atomic E-state index is 8.54. The summed E-state index contributed by atoms with van der Waals surface area (Å²) >= 11 is 0. The first kappa shape index (κ1) is 9.32. The van der Waals surface area contributed by atoms with E-state index in [2.05, 4.69) is 17.0 Å². The predicted molar refractivity (Wildman–Crippen MR) is 48.3 cm³/mol. The van der Waals surface area contributed by atoms with Crippen LogP contribution in [0, 0.1) is 0 Å². The first-order chi connectivity index (χ1) is 5.79. The third-order valence-electron chi connectivity index (χ3n) is 2.48. The summed E-state index contributed by atoms with van der Waals surface area (Å²) in [5, 5.41) is 11.6. The number of hydrogen-bond donors (Lipinski definition) is 2. The lowest BCUT2D eigenvalue weighted by Crippen LogP contribution is -2.47. The Morgan fingerprint density at radius 1 is 1.67 bits per heavy atom. The van der Waals surface area contributed by atoms with Gasteiger partial charge in [0, 0.05) is 0 Å². The maximum Gasteiger partial charge on any atom is 0.156 e. The van der Waals surface area contributed by atoms with Crippen LogP contribution in [0.2, 0.25) is 0 Å². The molecule has 4 nitrogen and oxygen atoms in total. The summed E-state index contributed by atoms with van der Waals surface area (Å²) in [6.45, 7) is 4.14. The number of piperidine rings is 1. The van der Waals surface area contributed by atoms with E-state index < -0.39 is 0 Å². The summed E-state index contributed by atoms with van der Waals surface area (Å²) in [7, 11) is 0. The SMILES string of the molecule is CCN1CCCCC1C(N)=NO. The number of hydrogen-bond acceptors (Lipinski definition) is 3. The molecule has 0 aromatic rings. The average Bonchev–Trinajstić information content (AvgIpc) is 2.16. The van der Waals surface area contributed by atoms with Crippen LogP contribution >= 0.6 is 0 Å². The van der Waals surface area contributed by atoms with E-state index in [0.717, 1.165) is 19.5 Å². The second kappa shape index (κ2) is 4.30. The molecule has 1 saturated heterocycles. The maximum atomic E-state index is 8.54. The van der Waals surface area contributed by atoms with Crippen LogP contribution in [-0.4, -0.2) is 35.1 Å². The second-order valence-corrected chi connectivity index (χ2v) is 3.17. The normalized spacial score (nSPS) is 27.4. The Kier molecular flexibility index (Phi) is 3.34. The molecule has 0 amide bonds. The molecule has 1 aliphatic rings. The fraction of sp³-hybridized carbons (Fsp3) is 0.875. The van der Waals surface area contributed by atoms with Crippen molar-refractivity contribution in [2.75, 3.05) is 13.1 Å². The van der Waals surface area contributed by atoms with E-state index in [4.69, 9.17) is 10.9 Å². The first-order valence-corrected chi connectivity index (χ1v) is 4.51. The molecule has 0 aromatic carbocycles. The van der Waals surface area contributed by atoms with Crippen molar-refractivity contribution in [3.63, 3.8) is 0 Å². The quantitative estimate of drug-likeness (QED) is 0.277. The summed E-state index contributed by atoms with van der Waals surface area (Å²) in [6.07, 6.45) is 3.42. The van der Waals surface area contributed by atoms with E-state index in [-0.39, 0.29) is 6.04 Å². The van der Waals surface area contributed by atoms with Crippen LogP contribution in [0.5, 0.6) is 0 Å². The molecule has 0 radical (unpaired) electrons. The second-order valence-electron chi connectivity index (χ2n) is 3.17. The molecule has 0 bridgehead atoms. The van der Waals surface area contributed by atoms with Crippen molar-refractivity contribution in [2.45, 2.75) is 32.2 Å². The number of nitrogens with two attached hydrogens (primary N) is 1. The van der Waals surface area contributed by atoms with Crippen LogP contribution in [0.3, 0.4) is 0 Å². The molecule has 1 rings (SSSR count). The summed E-state index contributed by atoms with van der Waals surface area (Å²) < 4.78 is 0. The highest BCUT2D eigenvalue weighted by Crippen LogP contribution is 2.16. The highest BCUT2D eigenvalue weighted by Gasteiger charge is 2.24. The number of nitrogens with zero attached hydrogens (tertiary/aromatic N) is 2. The molecule has 4 heteroatoms. The molecule has 0 saturated carbocycles. The van der Waals surface area contributed by atoms with Gasteiger partial charge in [0.25, 0.3) is 0 Å². The molecule has 1 aliphatic heterocycles. The summed E-state index contributed by atoms with van der Waals surface area (Å²) in [5.41, 5.74) is 5.57. The zero-order chi connectivity index (χ0) is 8.97. The van der Waals surface area contributed by atoms with Crippen molar-refractivity contribution in [1.29, 1.82) is 0 Å². The van der Waals surface area contributed by atoms with Crippen LogP contribution in [0.15, 0.2) is 5.16 Å². The van der Waals surface area contributed by atoms with Gasteiger partial charge in [-0.3, -0.25) is 4.90 Å². The van der Waals surface area contributed by atoms with Crippen LogP contribution in [0.1, 0.15) is 26.2 Å². The molecule has 70 valence electrons. The van der Waals surface area contributed by atoms with E-state index in [1.54, 1.807) is 0 Å². The van der Waals surface area contributed by atoms with Gasteiger partial charge in [-0.05, 0) is 25.9 Å². The molecule has 0 aromatic heterocycles. The van der Waals surface area contributed by atoms with Gasteiger partial charge in [-0.25, -0.2) is 0 Å². The first-order valence-electron chi connectivity index (χ1n) is 4.51. The Labute approximate surface area is 73.0 Å². The van der Waals surface area contributed by atoms with Gasteiger partial charge >= 0.3 is 0 Å².